The summed E-state index contributed by atoms with van der Waals surface area (Å²) in [5.41, 5.74) is -0.640. The van der Waals surface area contributed by atoms with Crippen LogP contribution in [0.1, 0.15) is 44.9 Å². The van der Waals surface area contributed by atoms with E-state index in [1.54, 1.807) is 0 Å². The van der Waals surface area contributed by atoms with Gasteiger partial charge in [0.15, 0.2) is 0 Å². The lowest BCUT2D eigenvalue weighted by molar-refractivity contribution is -0.0685. The first-order valence-corrected chi connectivity index (χ1v) is 8.05. The van der Waals surface area contributed by atoms with Gasteiger partial charge < -0.3 is 9.72 Å². The Kier molecular flexibility index (Phi) is 3.86. The van der Waals surface area contributed by atoms with Crippen molar-refractivity contribution in [3.63, 3.8) is 0 Å². The van der Waals surface area contributed by atoms with Crippen LogP contribution in [0.2, 0.25) is 0 Å². The van der Waals surface area contributed by atoms with Crippen molar-refractivity contribution in [1.29, 1.82) is 0 Å². The molecule has 0 aromatic carbocycles. The molecular weight excluding hydrogens is 324 g/mol. The molecule has 1 saturated carbocycles. The molecule has 1 atom stereocenters. The second kappa shape index (κ2) is 5.48. The molecule has 3 rings (SSSR count). The summed E-state index contributed by atoms with van der Waals surface area (Å²) in [7, 11) is 0. The highest BCUT2D eigenvalue weighted by Gasteiger charge is 2.40. The van der Waals surface area contributed by atoms with E-state index in [-0.39, 0.29) is 23.0 Å². The van der Waals surface area contributed by atoms with Gasteiger partial charge in [-0.15, -0.1) is 0 Å². The number of nitrogens with one attached hydrogen (secondary N) is 1. The number of halogens is 1. The van der Waals surface area contributed by atoms with E-state index in [2.05, 4.69) is 20.9 Å². The predicted molar refractivity (Wildman–Crippen MR) is 78.9 cm³/mol. The maximum absolute atomic E-state index is 12.0. The summed E-state index contributed by atoms with van der Waals surface area (Å²) >= 11 is 3.16. The molecule has 2 heterocycles. The predicted octanol–water partition coefficient (Wildman–Crippen LogP) is 2.18. The van der Waals surface area contributed by atoms with Gasteiger partial charge in [0.1, 0.15) is 0 Å². The Morgan fingerprint density at radius 2 is 2.05 bits per heavy atom. The Hall–Kier alpha value is -0.880. The van der Waals surface area contributed by atoms with E-state index in [9.17, 15) is 9.59 Å². The van der Waals surface area contributed by atoms with Gasteiger partial charge in [-0.3, -0.25) is 9.36 Å². The van der Waals surface area contributed by atoms with Crippen LogP contribution >= 0.6 is 15.9 Å². The van der Waals surface area contributed by atoms with Crippen molar-refractivity contribution in [2.24, 2.45) is 0 Å². The lowest BCUT2D eigenvalue weighted by Gasteiger charge is -2.33. The van der Waals surface area contributed by atoms with Crippen LogP contribution in [0.15, 0.2) is 20.3 Å². The molecule has 1 aliphatic carbocycles. The molecule has 1 unspecified atom stereocenters. The number of rotatable bonds is 2. The maximum Gasteiger partial charge on any atom is 0.328 e. The van der Waals surface area contributed by atoms with E-state index in [0.29, 0.717) is 11.0 Å². The van der Waals surface area contributed by atoms with Crippen molar-refractivity contribution in [3.8, 4) is 0 Å². The summed E-state index contributed by atoms with van der Waals surface area (Å²) in [5, 5.41) is 0. The third-order valence-corrected chi connectivity index (χ3v) is 5.07. The fourth-order valence-corrected chi connectivity index (χ4v) is 3.77. The Balaban J connectivity index is 1.75. The van der Waals surface area contributed by atoms with Crippen LogP contribution in [-0.2, 0) is 11.3 Å². The fourth-order valence-electron chi connectivity index (χ4n) is 3.44. The molecule has 1 aromatic rings. The first-order chi connectivity index (χ1) is 9.60. The number of H-pyrrole nitrogens is 1. The zero-order chi connectivity index (χ0) is 14.2. The Morgan fingerprint density at radius 1 is 1.30 bits per heavy atom. The van der Waals surface area contributed by atoms with Crippen molar-refractivity contribution in [1.82, 2.24) is 9.55 Å². The SMILES string of the molecule is O=c1[nH]cc(Br)c(=O)n1CC1CCC2(CCCCC2)O1. The van der Waals surface area contributed by atoms with E-state index in [1.165, 1.54) is 30.0 Å². The van der Waals surface area contributed by atoms with Gasteiger partial charge in [0.2, 0.25) is 0 Å². The van der Waals surface area contributed by atoms with Crippen LogP contribution in [0.3, 0.4) is 0 Å². The van der Waals surface area contributed by atoms with Gasteiger partial charge in [-0.05, 0) is 41.6 Å². The van der Waals surface area contributed by atoms with Crippen LogP contribution in [0.4, 0.5) is 0 Å². The second-order valence-corrected chi connectivity index (χ2v) is 6.73. The van der Waals surface area contributed by atoms with Gasteiger partial charge in [-0.25, -0.2) is 4.79 Å². The average molecular weight is 343 g/mol. The molecule has 0 amide bonds. The Labute approximate surface area is 125 Å². The van der Waals surface area contributed by atoms with Crippen molar-refractivity contribution in [2.75, 3.05) is 0 Å². The van der Waals surface area contributed by atoms with Crippen LogP contribution in [0, 0.1) is 0 Å². The van der Waals surface area contributed by atoms with E-state index in [0.717, 1.165) is 25.7 Å². The van der Waals surface area contributed by atoms with Gasteiger partial charge >= 0.3 is 5.69 Å². The van der Waals surface area contributed by atoms with E-state index in [4.69, 9.17) is 4.74 Å². The highest BCUT2D eigenvalue weighted by molar-refractivity contribution is 9.10. The summed E-state index contributed by atoms with van der Waals surface area (Å²) in [5.74, 6) is 0. The summed E-state index contributed by atoms with van der Waals surface area (Å²) < 4.78 is 7.83. The average Bonchev–Trinajstić information content (AvgIpc) is 2.83. The molecule has 6 heteroatoms. The molecule has 1 aliphatic heterocycles. The Morgan fingerprint density at radius 3 is 2.80 bits per heavy atom. The number of hydrogen-bond donors (Lipinski definition) is 1. The van der Waals surface area contributed by atoms with E-state index >= 15 is 0 Å². The topological polar surface area (TPSA) is 64.1 Å². The number of hydrogen-bond acceptors (Lipinski definition) is 3. The van der Waals surface area contributed by atoms with Crippen molar-refractivity contribution < 1.29 is 4.74 Å². The van der Waals surface area contributed by atoms with Crippen molar-refractivity contribution in [2.45, 2.75) is 63.2 Å². The van der Waals surface area contributed by atoms with Crippen LogP contribution in [0.5, 0.6) is 0 Å². The van der Waals surface area contributed by atoms with Gasteiger partial charge in [0.05, 0.1) is 22.7 Å². The van der Waals surface area contributed by atoms with Gasteiger partial charge in [-0.1, -0.05) is 19.3 Å². The largest absolute Gasteiger partial charge is 0.370 e. The summed E-state index contributed by atoms with van der Waals surface area (Å²) in [4.78, 5) is 26.3. The summed E-state index contributed by atoms with van der Waals surface area (Å²) in [6, 6.07) is 0. The molecule has 1 saturated heterocycles. The fraction of sp³-hybridized carbons (Fsp3) is 0.714. The minimum atomic E-state index is -0.369. The molecule has 0 bridgehead atoms. The standard InChI is InChI=1S/C14H19BrN2O3/c15-11-8-16-13(19)17(12(11)18)9-10-4-7-14(20-10)5-2-1-3-6-14/h8,10H,1-7,9H2,(H,16,19). The lowest BCUT2D eigenvalue weighted by Crippen LogP contribution is -2.39. The minimum Gasteiger partial charge on any atom is -0.370 e. The number of aromatic amines is 1. The summed E-state index contributed by atoms with van der Waals surface area (Å²) in [6.45, 7) is 0.343. The molecular formula is C14H19BrN2O3. The van der Waals surface area contributed by atoms with Crippen LogP contribution < -0.4 is 11.2 Å². The zero-order valence-corrected chi connectivity index (χ0v) is 12.9. The maximum atomic E-state index is 12.0. The normalized spacial score (nSPS) is 25.1. The molecule has 2 fully saturated rings. The first kappa shape index (κ1) is 14.1. The van der Waals surface area contributed by atoms with Crippen molar-refractivity contribution >= 4 is 15.9 Å². The molecule has 5 nitrogen and oxygen atoms in total. The molecule has 1 N–H and O–H groups in total. The van der Waals surface area contributed by atoms with Crippen molar-refractivity contribution in [3.05, 3.63) is 31.5 Å². The first-order valence-electron chi connectivity index (χ1n) is 7.26. The third-order valence-electron chi connectivity index (χ3n) is 4.51. The lowest BCUT2D eigenvalue weighted by atomic mass is 9.83. The molecule has 2 aliphatic rings. The molecule has 1 aromatic heterocycles. The van der Waals surface area contributed by atoms with Crippen LogP contribution in [-0.4, -0.2) is 21.3 Å². The van der Waals surface area contributed by atoms with Gasteiger partial charge in [0, 0.05) is 6.20 Å². The number of nitrogens with zero attached hydrogens (tertiary/aromatic N) is 1. The molecule has 1 spiro atoms. The molecule has 110 valence electrons. The number of ether oxygens (including phenoxy) is 1. The van der Waals surface area contributed by atoms with Gasteiger partial charge in [-0.2, -0.15) is 0 Å². The van der Waals surface area contributed by atoms with Gasteiger partial charge in [0.25, 0.3) is 5.56 Å². The highest BCUT2D eigenvalue weighted by Crippen LogP contribution is 2.42. The van der Waals surface area contributed by atoms with Crippen LogP contribution in [0.25, 0.3) is 0 Å². The minimum absolute atomic E-state index is 0.0191. The van der Waals surface area contributed by atoms with E-state index < -0.39 is 0 Å². The highest BCUT2D eigenvalue weighted by atomic mass is 79.9. The zero-order valence-electron chi connectivity index (χ0n) is 11.4. The van der Waals surface area contributed by atoms with E-state index in [1.807, 2.05) is 0 Å². The summed E-state index contributed by atoms with van der Waals surface area (Å²) in [6.07, 6.45) is 9.33. The third kappa shape index (κ3) is 2.63. The Bertz CT molecular complexity index is 601. The molecule has 0 radical (unpaired) electrons. The smallest absolute Gasteiger partial charge is 0.328 e. The quantitative estimate of drug-likeness (QED) is 0.895. The number of aromatic nitrogens is 2. The second-order valence-electron chi connectivity index (χ2n) is 5.88. The monoisotopic (exact) mass is 342 g/mol. The molecule has 20 heavy (non-hydrogen) atoms.